The summed E-state index contributed by atoms with van der Waals surface area (Å²) in [5.41, 5.74) is 2.26. The molecule has 6 nitrogen and oxygen atoms in total. The molecule has 2 aromatic carbocycles. The molecule has 3 aromatic rings. The third-order valence-corrected chi connectivity index (χ3v) is 4.85. The molecule has 0 unspecified atom stereocenters. The highest BCUT2D eigenvalue weighted by atomic mass is 32.1. The van der Waals surface area contributed by atoms with Crippen molar-refractivity contribution >= 4 is 22.9 Å². The van der Waals surface area contributed by atoms with Gasteiger partial charge >= 0.3 is 0 Å². The molecule has 0 bridgehead atoms. The molecule has 0 saturated heterocycles. The Morgan fingerprint density at radius 2 is 1.74 bits per heavy atom. The minimum Gasteiger partial charge on any atom is -0.495 e. The van der Waals surface area contributed by atoms with Gasteiger partial charge in [0.05, 0.1) is 39.1 Å². The van der Waals surface area contributed by atoms with Crippen molar-refractivity contribution in [2.24, 2.45) is 0 Å². The van der Waals surface area contributed by atoms with E-state index in [4.69, 9.17) is 14.2 Å². The molecule has 1 amide bonds. The van der Waals surface area contributed by atoms with Gasteiger partial charge in [0.25, 0.3) is 0 Å². The highest BCUT2D eigenvalue weighted by Crippen LogP contribution is 2.33. The first-order chi connectivity index (χ1) is 13.1. The molecule has 0 atom stereocenters. The molecule has 1 N–H and O–H groups in total. The number of ether oxygens (including phenoxy) is 3. The van der Waals surface area contributed by atoms with Crippen molar-refractivity contribution in [2.75, 3.05) is 26.6 Å². The fourth-order valence-corrected chi connectivity index (χ4v) is 3.41. The van der Waals surface area contributed by atoms with E-state index in [1.165, 1.54) is 11.3 Å². The molecule has 0 saturated carbocycles. The number of rotatable bonds is 7. The van der Waals surface area contributed by atoms with Crippen molar-refractivity contribution in [2.45, 2.75) is 6.42 Å². The summed E-state index contributed by atoms with van der Waals surface area (Å²) < 4.78 is 15.8. The van der Waals surface area contributed by atoms with Crippen LogP contribution < -0.4 is 19.5 Å². The lowest BCUT2D eigenvalue weighted by molar-refractivity contribution is -0.115. The zero-order valence-electron chi connectivity index (χ0n) is 15.3. The molecule has 7 heteroatoms. The zero-order chi connectivity index (χ0) is 19.2. The van der Waals surface area contributed by atoms with Gasteiger partial charge in [-0.2, -0.15) is 0 Å². The highest BCUT2D eigenvalue weighted by molar-refractivity contribution is 7.13. The average Bonchev–Trinajstić information content (AvgIpc) is 3.16. The van der Waals surface area contributed by atoms with E-state index in [0.717, 1.165) is 10.6 Å². The third-order valence-electron chi connectivity index (χ3n) is 3.90. The number of benzene rings is 2. The van der Waals surface area contributed by atoms with Gasteiger partial charge in [0.2, 0.25) is 5.91 Å². The molecule has 0 aliphatic heterocycles. The Balaban J connectivity index is 1.71. The Morgan fingerprint density at radius 3 is 2.48 bits per heavy atom. The van der Waals surface area contributed by atoms with Crippen LogP contribution in [0.5, 0.6) is 17.2 Å². The van der Waals surface area contributed by atoms with Crippen LogP contribution in [0.2, 0.25) is 0 Å². The number of carbonyl (C=O) groups is 1. The van der Waals surface area contributed by atoms with Crippen LogP contribution in [-0.4, -0.2) is 32.2 Å². The zero-order valence-corrected chi connectivity index (χ0v) is 16.1. The first kappa shape index (κ1) is 18.7. The Kier molecular flexibility index (Phi) is 5.93. The SMILES string of the molecule is COc1ccccc1NC(=O)Cc1csc(-c2ccc(OC)c(OC)c2)n1. The lowest BCUT2D eigenvalue weighted by Gasteiger charge is -2.09. The first-order valence-electron chi connectivity index (χ1n) is 8.24. The second-order valence-corrected chi connectivity index (χ2v) is 6.50. The number of methoxy groups -OCH3 is 3. The largest absolute Gasteiger partial charge is 0.495 e. The minimum absolute atomic E-state index is 0.149. The lowest BCUT2D eigenvalue weighted by Crippen LogP contribution is -2.15. The Hall–Kier alpha value is -3.06. The average molecular weight is 384 g/mol. The summed E-state index contributed by atoms with van der Waals surface area (Å²) in [6.45, 7) is 0. The number of nitrogens with one attached hydrogen (secondary N) is 1. The summed E-state index contributed by atoms with van der Waals surface area (Å²) in [4.78, 5) is 16.9. The van der Waals surface area contributed by atoms with Gasteiger partial charge in [-0.25, -0.2) is 4.98 Å². The maximum Gasteiger partial charge on any atom is 0.230 e. The third kappa shape index (κ3) is 4.38. The molecule has 1 heterocycles. The van der Waals surface area contributed by atoms with E-state index in [2.05, 4.69) is 10.3 Å². The fraction of sp³-hybridized carbons (Fsp3) is 0.200. The van der Waals surface area contributed by atoms with Gasteiger partial charge in [-0.05, 0) is 30.3 Å². The Labute approximate surface area is 161 Å². The summed E-state index contributed by atoms with van der Waals surface area (Å²) in [5.74, 6) is 1.77. The molecule has 0 radical (unpaired) electrons. The van der Waals surface area contributed by atoms with E-state index in [1.54, 1.807) is 33.5 Å². The predicted molar refractivity (Wildman–Crippen MR) is 106 cm³/mol. The van der Waals surface area contributed by atoms with Crippen LogP contribution >= 0.6 is 11.3 Å². The number of hydrogen-bond acceptors (Lipinski definition) is 6. The van der Waals surface area contributed by atoms with E-state index >= 15 is 0 Å². The second kappa shape index (κ2) is 8.55. The Morgan fingerprint density at radius 1 is 1.00 bits per heavy atom. The van der Waals surface area contributed by atoms with Crippen LogP contribution in [-0.2, 0) is 11.2 Å². The first-order valence-corrected chi connectivity index (χ1v) is 9.12. The standard InChI is InChI=1S/C20H20N2O4S/c1-24-16-7-5-4-6-15(16)22-19(23)11-14-12-27-20(21-14)13-8-9-17(25-2)18(10-13)26-3/h4-10,12H,11H2,1-3H3,(H,22,23). The number of amides is 1. The van der Waals surface area contributed by atoms with Crippen molar-refractivity contribution in [1.29, 1.82) is 0 Å². The molecule has 3 rings (SSSR count). The summed E-state index contributed by atoms with van der Waals surface area (Å²) in [6.07, 6.45) is 0.182. The van der Waals surface area contributed by atoms with Gasteiger partial charge in [-0.1, -0.05) is 12.1 Å². The van der Waals surface area contributed by atoms with Crippen LogP contribution in [0.3, 0.4) is 0 Å². The van der Waals surface area contributed by atoms with Gasteiger partial charge in [0.1, 0.15) is 10.8 Å². The smallest absolute Gasteiger partial charge is 0.230 e. The molecule has 1 aromatic heterocycles. The monoisotopic (exact) mass is 384 g/mol. The number of thiazole rings is 1. The van der Waals surface area contributed by atoms with Gasteiger partial charge in [0.15, 0.2) is 11.5 Å². The number of anilines is 1. The predicted octanol–water partition coefficient (Wildman–Crippen LogP) is 4.02. The molecular formula is C20H20N2O4S. The molecule has 27 heavy (non-hydrogen) atoms. The van der Waals surface area contributed by atoms with Crippen LogP contribution in [0.4, 0.5) is 5.69 Å². The molecular weight excluding hydrogens is 364 g/mol. The second-order valence-electron chi connectivity index (χ2n) is 5.64. The number of nitrogens with zero attached hydrogens (tertiary/aromatic N) is 1. The molecule has 0 aliphatic carbocycles. The van der Waals surface area contributed by atoms with Crippen LogP contribution in [0.1, 0.15) is 5.69 Å². The van der Waals surface area contributed by atoms with E-state index in [1.807, 2.05) is 35.7 Å². The number of carbonyl (C=O) groups excluding carboxylic acids is 1. The number of hydrogen-bond donors (Lipinski definition) is 1. The quantitative estimate of drug-likeness (QED) is 0.666. The van der Waals surface area contributed by atoms with Crippen molar-refractivity contribution in [1.82, 2.24) is 4.98 Å². The van der Waals surface area contributed by atoms with Crippen molar-refractivity contribution in [3.05, 3.63) is 53.5 Å². The van der Waals surface area contributed by atoms with Gasteiger partial charge in [-0.3, -0.25) is 4.79 Å². The van der Waals surface area contributed by atoms with Crippen LogP contribution in [0.25, 0.3) is 10.6 Å². The van der Waals surface area contributed by atoms with Crippen LogP contribution in [0.15, 0.2) is 47.8 Å². The van der Waals surface area contributed by atoms with Crippen molar-refractivity contribution in [3.8, 4) is 27.8 Å². The van der Waals surface area contributed by atoms with Gasteiger partial charge in [0, 0.05) is 10.9 Å². The van der Waals surface area contributed by atoms with Crippen molar-refractivity contribution < 1.29 is 19.0 Å². The molecule has 0 spiro atoms. The van der Waals surface area contributed by atoms with E-state index in [-0.39, 0.29) is 12.3 Å². The number of para-hydroxylation sites is 2. The number of aromatic nitrogens is 1. The fourth-order valence-electron chi connectivity index (χ4n) is 2.60. The minimum atomic E-state index is -0.149. The lowest BCUT2D eigenvalue weighted by atomic mass is 10.2. The molecule has 140 valence electrons. The summed E-state index contributed by atoms with van der Waals surface area (Å²) >= 11 is 1.48. The van der Waals surface area contributed by atoms with Crippen molar-refractivity contribution in [3.63, 3.8) is 0 Å². The normalized spacial score (nSPS) is 10.3. The van der Waals surface area contributed by atoms with E-state index in [0.29, 0.717) is 28.6 Å². The Bertz CT molecular complexity index is 939. The maximum absolute atomic E-state index is 12.3. The van der Waals surface area contributed by atoms with E-state index in [9.17, 15) is 4.79 Å². The van der Waals surface area contributed by atoms with Gasteiger partial charge < -0.3 is 19.5 Å². The highest BCUT2D eigenvalue weighted by Gasteiger charge is 2.13. The summed E-state index contributed by atoms with van der Waals surface area (Å²) in [5, 5.41) is 5.56. The van der Waals surface area contributed by atoms with Gasteiger partial charge in [-0.15, -0.1) is 11.3 Å². The molecule has 0 aliphatic rings. The maximum atomic E-state index is 12.3. The topological polar surface area (TPSA) is 69.7 Å². The summed E-state index contributed by atoms with van der Waals surface area (Å²) in [6, 6.07) is 12.9. The van der Waals surface area contributed by atoms with Crippen LogP contribution in [0, 0.1) is 0 Å². The summed E-state index contributed by atoms with van der Waals surface area (Å²) in [7, 11) is 4.76. The van der Waals surface area contributed by atoms with E-state index < -0.39 is 0 Å². The molecule has 0 fully saturated rings.